The second kappa shape index (κ2) is 9.61. The first-order valence-corrected chi connectivity index (χ1v) is 13.1. The number of pyridine rings is 1. The lowest BCUT2D eigenvalue weighted by molar-refractivity contribution is 0.0984. The number of aryl methyl sites for hydroxylation is 1. The minimum Gasteiger partial charge on any atom is -0.278 e. The first kappa shape index (κ1) is 24.0. The molecule has 0 bridgehead atoms. The minimum absolute atomic E-state index is 0.145. The van der Waals surface area contributed by atoms with Crippen LogP contribution in [0.25, 0.3) is 10.2 Å². The maximum Gasteiger partial charge on any atom is 0.260 e. The van der Waals surface area contributed by atoms with E-state index in [0.29, 0.717) is 10.7 Å². The largest absolute Gasteiger partial charge is 0.278 e. The normalized spacial score (nSPS) is 11.9. The molecular weight excluding hydrogens is 468 g/mol. The van der Waals surface area contributed by atoms with E-state index >= 15 is 0 Å². The smallest absolute Gasteiger partial charge is 0.260 e. The molecule has 7 nitrogen and oxygen atoms in total. The molecule has 9 heteroatoms. The molecule has 0 radical (unpaired) electrons. The van der Waals surface area contributed by atoms with Crippen molar-refractivity contribution in [1.82, 2.24) is 14.3 Å². The van der Waals surface area contributed by atoms with Gasteiger partial charge in [0.05, 0.1) is 27.4 Å². The summed E-state index contributed by atoms with van der Waals surface area (Å²) in [5, 5.41) is 0.562. The van der Waals surface area contributed by atoms with Gasteiger partial charge < -0.3 is 0 Å². The van der Waals surface area contributed by atoms with Crippen LogP contribution in [0.1, 0.15) is 35.5 Å². The quantitative estimate of drug-likeness (QED) is 0.366. The number of benzene rings is 2. The lowest BCUT2D eigenvalue weighted by atomic mass is 10.2. The van der Waals surface area contributed by atoms with Gasteiger partial charge in [-0.05, 0) is 74.9 Å². The SMILES string of the molecule is Cc1ccc2nc(N(Cc3ccccn3)C(=O)c3ccc(S(=O)(=O)N(C)C(C)C)cc3)sc2c1. The second-order valence-corrected chi connectivity index (χ2v) is 11.3. The summed E-state index contributed by atoms with van der Waals surface area (Å²) in [6.07, 6.45) is 1.69. The highest BCUT2D eigenvalue weighted by atomic mass is 32.2. The van der Waals surface area contributed by atoms with Crippen LogP contribution in [0.3, 0.4) is 0 Å². The van der Waals surface area contributed by atoms with E-state index in [1.54, 1.807) is 30.3 Å². The number of aromatic nitrogens is 2. The Bertz CT molecular complexity index is 1420. The van der Waals surface area contributed by atoms with Crippen molar-refractivity contribution in [3.05, 3.63) is 83.7 Å². The van der Waals surface area contributed by atoms with Crippen molar-refractivity contribution in [3.63, 3.8) is 0 Å². The molecule has 176 valence electrons. The number of fused-ring (bicyclic) bond motifs is 1. The lowest BCUT2D eigenvalue weighted by Gasteiger charge is -2.22. The Morgan fingerprint density at radius 1 is 1.06 bits per heavy atom. The van der Waals surface area contributed by atoms with Crippen molar-refractivity contribution in [2.75, 3.05) is 11.9 Å². The van der Waals surface area contributed by atoms with E-state index in [0.717, 1.165) is 21.5 Å². The maximum absolute atomic E-state index is 13.6. The van der Waals surface area contributed by atoms with Crippen LogP contribution >= 0.6 is 11.3 Å². The molecule has 0 spiro atoms. The third-order valence-corrected chi connectivity index (χ3v) is 8.65. The number of hydrogen-bond donors (Lipinski definition) is 0. The standard InChI is InChI=1S/C25H26N4O3S2/c1-17(2)28(4)34(31,32)21-11-9-19(10-12-21)24(30)29(16-20-7-5-6-14-26-20)25-27-22-13-8-18(3)15-23(22)33-25/h5-15,17H,16H2,1-4H3. The molecule has 0 saturated heterocycles. The van der Waals surface area contributed by atoms with Crippen LogP contribution in [0, 0.1) is 6.92 Å². The van der Waals surface area contributed by atoms with Crippen LogP contribution in [0.4, 0.5) is 5.13 Å². The topological polar surface area (TPSA) is 83.5 Å². The number of nitrogens with zero attached hydrogens (tertiary/aromatic N) is 4. The molecule has 4 rings (SSSR count). The molecule has 0 fully saturated rings. The number of carbonyl (C=O) groups excluding carboxylic acids is 1. The Hall–Kier alpha value is -3.14. The van der Waals surface area contributed by atoms with Gasteiger partial charge in [-0.2, -0.15) is 4.31 Å². The summed E-state index contributed by atoms with van der Waals surface area (Å²) in [6, 6.07) is 17.4. The minimum atomic E-state index is -3.63. The fourth-order valence-electron chi connectivity index (χ4n) is 3.38. The van der Waals surface area contributed by atoms with Gasteiger partial charge in [-0.1, -0.05) is 23.5 Å². The molecule has 0 aliphatic rings. The first-order chi connectivity index (χ1) is 16.2. The molecule has 1 amide bonds. The van der Waals surface area contributed by atoms with Crippen molar-refractivity contribution in [2.24, 2.45) is 0 Å². The third kappa shape index (κ3) is 4.86. The summed E-state index contributed by atoms with van der Waals surface area (Å²) in [4.78, 5) is 24.4. The molecular formula is C25H26N4O3S2. The molecule has 2 aromatic heterocycles. The molecule has 0 aliphatic heterocycles. The molecule has 0 N–H and O–H groups in total. The summed E-state index contributed by atoms with van der Waals surface area (Å²) in [6.45, 7) is 5.88. The van der Waals surface area contributed by atoms with E-state index in [9.17, 15) is 13.2 Å². The van der Waals surface area contributed by atoms with E-state index in [1.807, 2.05) is 57.2 Å². The van der Waals surface area contributed by atoms with Crippen LogP contribution < -0.4 is 4.90 Å². The summed E-state index contributed by atoms with van der Waals surface area (Å²) in [5.41, 5.74) is 3.04. The number of sulfonamides is 1. The average molecular weight is 495 g/mol. The van der Waals surface area contributed by atoms with Crippen molar-refractivity contribution < 1.29 is 13.2 Å². The van der Waals surface area contributed by atoms with Crippen molar-refractivity contribution >= 4 is 42.6 Å². The van der Waals surface area contributed by atoms with E-state index in [2.05, 4.69) is 9.97 Å². The predicted molar refractivity (Wildman–Crippen MR) is 136 cm³/mol. The number of thiazole rings is 1. The Morgan fingerprint density at radius 3 is 2.44 bits per heavy atom. The lowest BCUT2D eigenvalue weighted by Crippen LogP contribution is -2.33. The highest BCUT2D eigenvalue weighted by molar-refractivity contribution is 7.89. The fraction of sp³-hybridized carbons (Fsp3) is 0.240. The van der Waals surface area contributed by atoms with Crippen LogP contribution in [0.5, 0.6) is 0 Å². The number of anilines is 1. The molecule has 0 aliphatic carbocycles. The second-order valence-electron chi connectivity index (χ2n) is 8.32. The highest BCUT2D eigenvalue weighted by Crippen LogP contribution is 2.31. The Labute approximate surface area is 203 Å². The van der Waals surface area contributed by atoms with Crippen LogP contribution in [0.2, 0.25) is 0 Å². The monoisotopic (exact) mass is 494 g/mol. The third-order valence-electron chi connectivity index (χ3n) is 5.56. The van der Waals surface area contributed by atoms with Crippen LogP contribution in [-0.2, 0) is 16.6 Å². The zero-order valence-electron chi connectivity index (χ0n) is 19.5. The van der Waals surface area contributed by atoms with Crippen molar-refractivity contribution in [1.29, 1.82) is 0 Å². The van der Waals surface area contributed by atoms with Gasteiger partial charge in [-0.15, -0.1) is 0 Å². The fourth-order valence-corrected chi connectivity index (χ4v) is 5.81. The molecule has 34 heavy (non-hydrogen) atoms. The number of rotatable bonds is 7. The molecule has 2 aromatic carbocycles. The molecule has 2 heterocycles. The Kier molecular flexibility index (Phi) is 6.79. The molecule has 0 unspecified atom stereocenters. The number of hydrogen-bond acceptors (Lipinski definition) is 6. The molecule has 0 atom stereocenters. The van der Waals surface area contributed by atoms with Gasteiger partial charge in [0.1, 0.15) is 0 Å². The Balaban J connectivity index is 1.70. The van der Waals surface area contributed by atoms with Crippen LogP contribution in [-0.4, -0.2) is 41.7 Å². The zero-order chi connectivity index (χ0) is 24.5. The number of amides is 1. The van der Waals surface area contributed by atoms with E-state index in [1.165, 1.54) is 27.8 Å². The van der Waals surface area contributed by atoms with Gasteiger partial charge in [0.15, 0.2) is 5.13 Å². The van der Waals surface area contributed by atoms with E-state index < -0.39 is 10.0 Å². The molecule has 0 saturated carbocycles. The van der Waals surface area contributed by atoms with E-state index in [-0.39, 0.29) is 23.4 Å². The summed E-state index contributed by atoms with van der Waals surface area (Å²) in [5.74, 6) is -0.275. The van der Waals surface area contributed by atoms with Crippen molar-refractivity contribution in [3.8, 4) is 0 Å². The summed E-state index contributed by atoms with van der Waals surface area (Å²) >= 11 is 1.44. The van der Waals surface area contributed by atoms with Gasteiger partial charge in [0.2, 0.25) is 10.0 Å². The van der Waals surface area contributed by atoms with Gasteiger partial charge >= 0.3 is 0 Å². The number of carbonyl (C=O) groups is 1. The average Bonchev–Trinajstić information content (AvgIpc) is 3.25. The predicted octanol–water partition coefficient (Wildman–Crippen LogP) is 4.88. The van der Waals surface area contributed by atoms with Crippen LogP contribution in [0.15, 0.2) is 71.8 Å². The Morgan fingerprint density at radius 2 is 1.79 bits per heavy atom. The van der Waals surface area contributed by atoms with Gasteiger partial charge in [0, 0.05) is 24.8 Å². The van der Waals surface area contributed by atoms with Gasteiger partial charge in [-0.3, -0.25) is 14.7 Å². The first-order valence-electron chi connectivity index (χ1n) is 10.8. The van der Waals surface area contributed by atoms with Gasteiger partial charge in [-0.25, -0.2) is 13.4 Å². The highest BCUT2D eigenvalue weighted by Gasteiger charge is 2.25. The van der Waals surface area contributed by atoms with Gasteiger partial charge in [0.25, 0.3) is 5.91 Å². The maximum atomic E-state index is 13.6. The summed E-state index contributed by atoms with van der Waals surface area (Å²) in [7, 11) is -2.09. The van der Waals surface area contributed by atoms with Crippen molar-refractivity contribution in [2.45, 2.75) is 38.3 Å². The van der Waals surface area contributed by atoms with E-state index in [4.69, 9.17) is 0 Å². The summed E-state index contributed by atoms with van der Waals surface area (Å²) < 4.78 is 27.9. The molecule has 4 aromatic rings. The zero-order valence-corrected chi connectivity index (χ0v) is 21.1.